The number of ether oxygens (including phenoxy) is 1. The van der Waals surface area contributed by atoms with Crippen molar-refractivity contribution in [1.29, 1.82) is 5.26 Å². The number of para-hydroxylation sites is 1. The van der Waals surface area contributed by atoms with E-state index < -0.39 is 6.04 Å². The van der Waals surface area contributed by atoms with E-state index in [1.165, 1.54) is 7.11 Å². The summed E-state index contributed by atoms with van der Waals surface area (Å²) in [6, 6.07) is 8.49. The van der Waals surface area contributed by atoms with Gasteiger partial charge in [-0.25, -0.2) is 0 Å². The van der Waals surface area contributed by atoms with Crippen LogP contribution in [0.15, 0.2) is 24.3 Å². The number of nitriles is 1. The van der Waals surface area contributed by atoms with E-state index in [0.717, 1.165) is 17.0 Å². The summed E-state index contributed by atoms with van der Waals surface area (Å²) in [5.74, 6) is 0.343. The standard InChI is InChI=1S/C16H18N4O2/c1-10-13(11(2)20-19-10)8-16(21)18-14(9-17)12-6-4-5-7-15(12)22-3/h4-7,14H,8H2,1-3H3,(H,18,21)(H,19,20)/t14-/m1/s1. The van der Waals surface area contributed by atoms with Gasteiger partial charge >= 0.3 is 0 Å². The smallest absolute Gasteiger partial charge is 0.225 e. The Morgan fingerprint density at radius 2 is 2.18 bits per heavy atom. The summed E-state index contributed by atoms with van der Waals surface area (Å²) in [7, 11) is 1.54. The minimum atomic E-state index is -0.754. The molecule has 0 aliphatic rings. The van der Waals surface area contributed by atoms with Gasteiger partial charge in [0, 0.05) is 16.8 Å². The molecule has 0 bridgehead atoms. The molecule has 0 radical (unpaired) electrons. The van der Waals surface area contributed by atoms with Crippen molar-refractivity contribution >= 4 is 5.91 Å². The van der Waals surface area contributed by atoms with Gasteiger partial charge in [0.05, 0.1) is 25.3 Å². The average Bonchev–Trinajstić information content (AvgIpc) is 2.84. The molecule has 0 unspecified atom stereocenters. The predicted octanol–water partition coefficient (Wildman–Crippen LogP) is 1.96. The van der Waals surface area contributed by atoms with Crippen molar-refractivity contribution in [1.82, 2.24) is 15.5 Å². The van der Waals surface area contributed by atoms with Crippen molar-refractivity contribution in [3.05, 3.63) is 46.8 Å². The Bertz CT molecular complexity index is 696. The van der Waals surface area contributed by atoms with Crippen molar-refractivity contribution in [3.8, 4) is 11.8 Å². The molecule has 0 aliphatic carbocycles. The van der Waals surface area contributed by atoms with Crippen LogP contribution in [0.5, 0.6) is 5.75 Å². The molecule has 0 saturated carbocycles. The quantitative estimate of drug-likeness (QED) is 0.882. The zero-order valence-corrected chi connectivity index (χ0v) is 12.8. The van der Waals surface area contributed by atoms with E-state index in [0.29, 0.717) is 11.3 Å². The minimum Gasteiger partial charge on any atom is -0.496 e. The third-order valence-electron chi connectivity index (χ3n) is 3.50. The van der Waals surface area contributed by atoms with Crippen LogP contribution in [-0.2, 0) is 11.2 Å². The van der Waals surface area contributed by atoms with E-state index >= 15 is 0 Å². The van der Waals surface area contributed by atoms with E-state index in [4.69, 9.17) is 4.74 Å². The normalized spacial score (nSPS) is 11.5. The van der Waals surface area contributed by atoms with Crippen molar-refractivity contribution in [3.63, 3.8) is 0 Å². The fraction of sp³-hybridized carbons (Fsp3) is 0.312. The van der Waals surface area contributed by atoms with Crippen LogP contribution in [0, 0.1) is 25.2 Å². The molecule has 2 rings (SSSR count). The highest BCUT2D eigenvalue weighted by Crippen LogP contribution is 2.24. The largest absolute Gasteiger partial charge is 0.496 e. The van der Waals surface area contributed by atoms with E-state index in [-0.39, 0.29) is 12.3 Å². The van der Waals surface area contributed by atoms with Crippen LogP contribution in [-0.4, -0.2) is 23.2 Å². The number of aryl methyl sites for hydroxylation is 2. The van der Waals surface area contributed by atoms with Crippen molar-refractivity contribution in [2.24, 2.45) is 0 Å². The number of carbonyl (C=O) groups is 1. The summed E-state index contributed by atoms with van der Waals surface area (Å²) in [6.45, 7) is 3.71. The summed E-state index contributed by atoms with van der Waals surface area (Å²) in [6.07, 6.45) is 0.182. The van der Waals surface area contributed by atoms with E-state index in [1.54, 1.807) is 18.2 Å². The second kappa shape index (κ2) is 6.76. The molecule has 0 saturated heterocycles. The predicted molar refractivity (Wildman–Crippen MR) is 81.3 cm³/mol. The fourth-order valence-corrected chi connectivity index (χ4v) is 2.29. The fourth-order valence-electron chi connectivity index (χ4n) is 2.29. The van der Waals surface area contributed by atoms with Gasteiger partial charge in [-0.3, -0.25) is 9.89 Å². The molecule has 22 heavy (non-hydrogen) atoms. The van der Waals surface area contributed by atoms with E-state index in [2.05, 4.69) is 21.6 Å². The van der Waals surface area contributed by atoms with Crippen LogP contribution < -0.4 is 10.1 Å². The van der Waals surface area contributed by atoms with Crippen LogP contribution in [0.25, 0.3) is 0 Å². The van der Waals surface area contributed by atoms with Gasteiger partial charge in [-0.05, 0) is 19.9 Å². The summed E-state index contributed by atoms with van der Waals surface area (Å²) < 4.78 is 5.24. The number of hydrogen-bond donors (Lipinski definition) is 2. The molecular weight excluding hydrogens is 280 g/mol. The lowest BCUT2D eigenvalue weighted by Crippen LogP contribution is -2.29. The molecule has 114 valence electrons. The molecule has 0 spiro atoms. The topological polar surface area (TPSA) is 90.8 Å². The highest BCUT2D eigenvalue weighted by molar-refractivity contribution is 5.80. The molecule has 1 heterocycles. The maximum absolute atomic E-state index is 12.2. The van der Waals surface area contributed by atoms with Crippen LogP contribution >= 0.6 is 0 Å². The molecule has 1 aromatic heterocycles. The van der Waals surface area contributed by atoms with Gasteiger partial charge < -0.3 is 10.1 Å². The van der Waals surface area contributed by atoms with Crippen LogP contribution in [0.2, 0.25) is 0 Å². The first-order valence-corrected chi connectivity index (χ1v) is 6.89. The van der Waals surface area contributed by atoms with Crippen molar-refractivity contribution in [2.75, 3.05) is 7.11 Å². The Hall–Kier alpha value is -2.81. The van der Waals surface area contributed by atoms with Crippen LogP contribution in [0.1, 0.15) is 28.6 Å². The van der Waals surface area contributed by atoms with Gasteiger partial charge in [-0.15, -0.1) is 0 Å². The van der Waals surface area contributed by atoms with Crippen molar-refractivity contribution in [2.45, 2.75) is 26.3 Å². The summed E-state index contributed by atoms with van der Waals surface area (Å²) >= 11 is 0. The van der Waals surface area contributed by atoms with Gasteiger partial charge in [-0.2, -0.15) is 10.4 Å². The number of nitrogens with zero attached hydrogens (tertiary/aromatic N) is 2. The number of benzene rings is 1. The molecule has 0 fully saturated rings. The summed E-state index contributed by atoms with van der Waals surface area (Å²) in [5, 5.41) is 19.0. The van der Waals surface area contributed by atoms with Gasteiger partial charge in [0.2, 0.25) is 5.91 Å². The molecule has 6 nitrogen and oxygen atoms in total. The van der Waals surface area contributed by atoms with Crippen LogP contribution in [0.3, 0.4) is 0 Å². The second-order valence-electron chi connectivity index (χ2n) is 4.96. The number of carbonyl (C=O) groups excluding carboxylic acids is 1. The zero-order valence-electron chi connectivity index (χ0n) is 12.8. The monoisotopic (exact) mass is 298 g/mol. The number of amides is 1. The van der Waals surface area contributed by atoms with E-state index in [9.17, 15) is 10.1 Å². The van der Waals surface area contributed by atoms with Gasteiger partial charge in [0.15, 0.2) is 0 Å². The first-order valence-electron chi connectivity index (χ1n) is 6.89. The first-order chi connectivity index (χ1) is 10.6. The lowest BCUT2D eigenvalue weighted by Gasteiger charge is -2.15. The molecule has 0 aliphatic heterocycles. The highest BCUT2D eigenvalue weighted by Gasteiger charge is 2.19. The minimum absolute atomic E-state index is 0.182. The lowest BCUT2D eigenvalue weighted by molar-refractivity contribution is -0.120. The molecule has 2 aromatic rings. The average molecular weight is 298 g/mol. The number of aromatic amines is 1. The lowest BCUT2D eigenvalue weighted by atomic mass is 10.1. The summed E-state index contributed by atoms with van der Waals surface area (Å²) in [5.41, 5.74) is 3.15. The molecule has 6 heteroatoms. The zero-order chi connectivity index (χ0) is 16.1. The first kappa shape index (κ1) is 15.6. The molecular formula is C16H18N4O2. The Morgan fingerprint density at radius 3 is 2.77 bits per heavy atom. The van der Waals surface area contributed by atoms with E-state index in [1.807, 2.05) is 19.9 Å². The molecule has 1 amide bonds. The number of rotatable bonds is 5. The molecule has 1 atom stereocenters. The maximum Gasteiger partial charge on any atom is 0.225 e. The third kappa shape index (κ3) is 3.26. The Morgan fingerprint density at radius 1 is 1.45 bits per heavy atom. The number of nitrogens with one attached hydrogen (secondary N) is 2. The Balaban J connectivity index is 2.14. The Labute approximate surface area is 129 Å². The SMILES string of the molecule is COc1ccccc1[C@@H](C#N)NC(=O)Cc1c(C)n[nH]c1C. The van der Waals surface area contributed by atoms with Crippen molar-refractivity contribution < 1.29 is 9.53 Å². The second-order valence-corrected chi connectivity index (χ2v) is 4.96. The number of methoxy groups -OCH3 is 1. The third-order valence-corrected chi connectivity index (χ3v) is 3.50. The number of aromatic nitrogens is 2. The number of H-pyrrole nitrogens is 1. The highest BCUT2D eigenvalue weighted by atomic mass is 16.5. The Kier molecular flexibility index (Phi) is 4.79. The van der Waals surface area contributed by atoms with Gasteiger partial charge in [-0.1, -0.05) is 18.2 Å². The molecule has 1 aromatic carbocycles. The summed E-state index contributed by atoms with van der Waals surface area (Å²) in [4.78, 5) is 12.2. The maximum atomic E-state index is 12.2. The van der Waals surface area contributed by atoms with Gasteiger partial charge in [0.1, 0.15) is 11.8 Å². The molecule has 2 N–H and O–H groups in total. The number of hydrogen-bond acceptors (Lipinski definition) is 4. The van der Waals surface area contributed by atoms with Crippen LogP contribution in [0.4, 0.5) is 0 Å². The van der Waals surface area contributed by atoms with Gasteiger partial charge in [0.25, 0.3) is 0 Å².